The molecule has 6 heteroatoms. The van der Waals surface area contributed by atoms with Gasteiger partial charge < -0.3 is 9.84 Å². The van der Waals surface area contributed by atoms with Gasteiger partial charge in [-0.15, -0.1) is 11.3 Å². The molecule has 0 radical (unpaired) electrons. The summed E-state index contributed by atoms with van der Waals surface area (Å²) in [7, 11) is 0. The first-order chi connectivity index (χ1) is 9.92. The molecule has 2 aromatic heterocycles. The van der Waals surface area contributed by atoms with Gasteiger partial charge in [0.2, 0.25) is 5.82 Å². The lowest BCUT2D eigenvalue weighted by Crippen LogP contribution is -2.12. The van der Waals surface area contributed by atoms with Gasteiger partial charge in [0.25, 0.3) is 5.89 Å². The molecule has 0 aliphatic carbocycles. The summed E-state index contributed by atoms with van der Waals surface area (Å²) in [5.74, 6) is 1.18. The summed E-state index contributed by atoms with van der Waals surface area (Å²) in [5.41, 5.74) is 5.22. The Labute approximate surface area is 119 Å². The van der Waals surface area contributed by atoms with Crippen molar-refractivity contribution in [2.45, 2.75) is 12.8 Å². The standard InChI is InChI=1S/C14H12N4OS/c1-3-10(9-4-2-6-16-11(9)5-1)14-17-13(18-19-14)12-7-15-8-20-12/h1,3,5,7-8,16H,2,4,6H2. The van der Waals surface area contributed by atoms with Crippen LogP contribution in [0.1, 0.15) is 12.0 Å². The molecule has 1 aliphatic heterocycles. The van der Waals surface area contributed by atoms with Crippen LogP contribution >= 0.6 is 11.3 Å². The molecule has 0 bridgehead atoms. The summed E-state index contributed by atoms with van der Waals surface area (Å²) < 4.78 is 5.43. The summed E-state index contributed by atoms with van der Waals surface area (Å²) in [6.45, 7) is 1.02. The van der Waals surface area contributed by atoms with Crippen LogP contribution in [0.2, 0.25) is 0 Å². The van der Waals surface area contributed by atoms with Gasteiger partial charge in [0.15, 0.2) is 0 Å². The van der Waals surface area contributed by atoms with E-state index in [4.69, 9.17) is 4.52 Å². The van der Waals surface area contributed by atoms with Crippen LogP contribution in [0.3, 0.4) is 0 Å². The van der Waals surface area contributed by atoms with Gasteiger partial charge in [0, 0.05) is 24.0 Å². The summed E-state index contributed by atoms with van der Waals surface area (Å²) in [6, 6.07) is 6.15. The molecule has 1 aromatic carbocycles. The minimum absolute atomic E-state index is 0.578. The Hall–Kier alpha value is -2.21. The van der Waals surface area contributed by atoms with Crippen LogP contribution in [0.5, 0.6) is 0 Å². The van der Waals surface area contributed by atoms with Gasteiger partial charge >= 0.3 is 0 Å². The average molecular weight is 284 g/mol. The fourth-order valence-corrected chi connectivity index (χ4v) is 3.01. The minimum Gasteiger partial charge on any atom is -0.385 e. The van der Waals surface area contributed by atoms with Crippen molar-refractivity contribution in [1.82, 2.24) is 15.1 Å². The number of aromatic nitrogens is 3. The number of hydrogen-bond acceptors (Lipinski definition) is 6. The smallest absolute Gasteiger partial charge is 0.258 e. The molecule has 0 unspecified atom stereocenters. The van der Waals surface area contributed by atoms with Crippen LogP contribution in [0.25, 0.3) is 22.2 Å². The Morgan fingerprint density at radius 3 is 3.20 bits per heavy atom. The zero-order chi connectivity index (χ0) is 13.4. The minimum atomic E-state index is 0.578. The second-order valence-electron chi connectivity index (χ2n) is 4.65. The molecule has 100 valence electrons. The predicted octanol–water partition coefficient (Wildman–Crippen LogP) is 3.22. The summed E-state index contributed by atoms with van der Waals surface area (Å²) >= 11 is 1.50. The van der Waals surface area contributed by atoms with Crippen molar-refractivity contribution in [3.05, 3.63) is 35.5 Å². The van der Waals surface area contributed by atoms with Gasteiger partial charge in [0.05, 0.1) is 10.4 Å². The van der Waals surface area contributed by atoms with E-state index < -0.39 is 0 Å². The third kappa shape index (κ3) is 1.89. The molecule has 0 amide bonds. The van der Waals surface area contributed by atoms with Crippen molar-refractivity contribution < 1.29 is 4.52 Å². The highest BCUT2D eigenvalue weighted by molar-refractivity contribution is 7.13. The lowest BCUT2D eigenvalue weighted by Gasteiger charge is -2.19. The summed E-state index contributed by atoms with van der Waals surface area (Å²) in [5, 5.41) is 7.46. The van der Waals surface area contributed by atoms with Gasteiger partial charge in [0.1, 0.15) is 0 Å². The average Bonchev–Trinajstić information content (AvgIpc) is 3.17. The third-order valence-electron chi connectivity index (χ3n) is 3.40. The Kier molecular flexibility index (Phi) is 2.74. The van der Waals surface area contributed by atoms with Crippen molar-refractivity contribution >= 4 is 17.0 Å². The van der Waals surface area contributed by atoms with Crippen LogP contribution < -0.4 is 5.32 Å². The van der Waals surface area contributed by atoms with E-state index in [-0.39, 0.29) is 0 Å². The first kappa shape index (κ1) is 11.6. The number of fused-ring (bicyclic) bond motifs is 1. The molecule has 5 nitrogen and oxygen atoms in total. The largest absolute Gasteiger partial charge is 0.385 e. The molecular weight excluding hydrogens is 272 g/mol. The van der Waals surface area contributed by atoms with E-state index in [1.165, 1.54) is 22.6 Å². The van der Waals surface area contributed by atoms with Gasteiger partial charge in [-0.1, -0.05) is 11.2 Å². The molecule has 0 spiro atoms. The maximum atomic E-state index is 5.43. The van der Waals surface area contributed by atoms with Gasteiger partial charge in [-0.2, -0.15) is 4.98 Å². The van der Waals surface area contributed by atoms with Crippen molar-refractivity contribution in [1.29, 1.82) is 0 Å². The Morgan fingerprint density at radius 2 is 2.30 bits per heavy atom. The number of rotatable bonds is 2. The fourth-order valence-electron chi connectivity index (χ4n) is 2.47. The van der Waals surface area contributed by atoms with Crippen LogP contribution in [0, 0.1) is 0 Å². The van der Waals surface area contributed by atoms with Crippen molar-refractivity contribution in [2.75, 3.05) is 11.9 Å². The Morgan fingerprint density at radius 1 is 1.30 bits per heavy atom. The number of thiazole rings is 1. The molecule has 0 fully saturated rings. The van der Waals surface area contributed by atoms with Crippen LogP contribution in [-0.4, -0.2) is 21.7 Å². The maximum Gasteiger partial charge on any atom is 0.258 e. The molecule has 0 saturated carbocycles. The van der Waals surface area contributed by atoms with Gasteiger partial charge in [-0.3, -0.25) is 4.98 Å². The number of hydrogen-bond donors (Lipinski definition) is 1. The molecule has 0 atom stereocenters. The highest BCUT2D eigenvalue weighted by Crippen LogP contribution is 2.32. The van der Waals surface area contributed by atoms with Crippen LogP contribution in [-0.2, 0) is 6.42 Å². The van der Waals surface area contributed by atoms with Crippen molar-refractivity contribution in [3.8, 4) is 22.2 Å². The first-order valence-electron chi connectivity index (χ1n) is 6.50. The maximum absolute atomic E-state index is 5.43. The lowest BCUT2D eigenvalue weighted by molar-refractivity contribution is 0.432. The molecule has 3 heterocycles. The van der Waals surface area contributed by atoms with Crippen molar-refractivity contribution in [2.24, 2.45) is 0 Å². The number of anilines is 1. The second kappa shape index (κ2) is 4.72. The molecule has 4 rings (SSSR count). The SMILES string of the molecule is c1cc2c(c(-c3nc(-c4cncs4)no3)c1)CCCN2. The van der Waals surface area contributed by atoms with Crippen LogP contribution in [0.15, 0.2) is 34.4 Å². The molecule has 20 heavy (non-hydrogen) atoms. The normalized spacial score (nSPS) is 13.8. The van der Waals surface area contributed by atoms with E-state index in [1.807, 2.05) is 12.1 Å². The highest BCUT2D eigenvalue weighted by Gasteiger charge is 2.18. The Bertz CT molecular complexity index is 735. The van der Waals surface area contributed by atoms with E-state index in [1.54, 1.807) is 11.7 Å². The second-order valence-corrected chi connectivity index (χ2v) is 5.54. The Balaban J connectivity index is 1.78. The molecular formula is C14H12N4OS. The summed E-state index contributed by atoms with van der Waals surface area (Å²) in [6.07, 6.45) is 3.91. The van der Waals surface area contributed by atoms with Crippen molar-refractivity contribution in [3.63, 3.8) is 0 Å². The van der Waals surface area contributed by atoms with E-state index in [9.17, 15) is 0 Å². The van der Waals surface area contributed by atoms with Crippen LogP contribution in [0.4, 0.5) is 5.69 Å². The molecule has 1 N–H and O–H groups in total. The van der Waals surface area contributed by atoms with E-state index in [0.29, 0.717) is 11.7 Å². The van der Waals surface area contributed by atoms with E-state index in [0.717, 1.165) is 29.8 Å². The zero-order valence-corrected chi connectivity index (χ0v) is 11.5. The van der Waals surface area contributed by atoms with Gasteiger partial charge in [-0.05, 0) is 30.5 Å². The highest BCUT2D eigenvalue weighted by atomic mass is 32.1. The van der Waals surface area contributed by atoms with E-state index >= 15 is 0 Å². The molecule has 0 saturated heterocycles. The quantitative estimate of drug-likeness (QED) is 0.782. The molecule has 3 aromatic rings. The topological polar surface area (TPSA) is 63.8 Å². The number of nitrogens with one attached hydrogen (secondary N) is 1. The molecule has 1 aliphatic rings. The first-order valence-corrected chi connectivity index (χ1v) is 7.38. The monoisotopic (exact) mass is 284 g/mol. The summed E-state index contributed by atoms with van der Waals surface area (Å²) in [4.78, 5) is 9.45. The number of benzene rings is 1. The zero-order valence-electron chi connectivity index (χ0n) is 10.7. The van der Waals surface area contributed by atoms with Gasteiger partial charge in [-0.25, -0.2) is 0 Å². The third-order valence-corrected chi connectivity index (χ3v) is 4.17. The van der Waals surface area contributed by atoms with E-state index in [2.05, 4.69) is 26.5 Å². The number of nitrogens with zero attached hydrogens (tertiary/aromatic N) is 3. The fraction of sp³-hybridized carbons (Fsp3) is 0.214. The predicted molar refractivity (Wildman–Crippen MR) is 77.7 cm³/mol. The lowest BCUT2D eigenvalue weighted by atomic mass is 9.97.